The van der Waals surface area contributed by atoms with Gasteiger partial charge in [0, 0.05) is 6.04 Å². The second-order valence-corrected chi connectivity index (χ2v) is 6.87. The first kappa shape index (κ1) is 14.1. The molecule has 0 radical (unpaired) electrons. The molecule has 0 saturated heterocycles. The minimum Gasteiger partial charge on any atom is -0.314 e. The van der Waals surface area contributed by atoms with Crippen LogP contribution < -0.4 is 5.32 Å². The summed E-state index contributed by atoms with van der Waals surface area (Å²) in [6, 6.07) is 11.9. The maximum atomic E-state index is 3.86. The lowest BCUT2D eigenvalue weighted by Gasteiger charge is -2.31. The van der Waals surface area contributed by atoms with Gasteiger partial charge in [-0.15, -0.1) is 0 Å². The Balaban J connectivity index is 1.40. The van der Waals surface area contributed by atoms with Crippen LogP contribution in [0.3, 0.4) is 0 Å². The zero-order chi connectivity index (χ0) is 13.6. The van der Waals surface area contributed by atoms with Gasteiger partial charge in [-0.2, -0.15) is 0 Å². The summed E-state index contributed by atoms with van der Waals surface area (Å²) in [5, 5.41) is 3.86. The number of benzene rings is 1. The first-order chi connectivity index (χ1) is 9.92. The highest BCUT2D eigenvalue weighted by molar-refractivity contribution is 5.20. The molecule has 0 amide bonds. The molecule has 1 aromatic rings. The summed E-state index contributed by atoms with van der Waals surface area (Å²) in [5.74, 6) is 1.78. The fraction of sp³-hybridized carbons (Fsp3) is 0.684. The Labute approximate surface area is 124 Å². The topological polar surface area (TPSA) is 12.0 Å². The van der Waals surface area contributed by atoms with Crippen LogP contribution in [0, 0.1) is 5.92 Å². The normalized spacial score (nSPS) is 28.4. The Kier molecular flexibility index (Phi) is 5.13. The molecule has 1 nitrogen and oxygen atoms in total. The third kappa shape index (κ3) is 3.85. The lowest BCUT2D eigenvalue weighted by atomic mass is 9.81. The van der Waals surface area contributed by atoms with E-state index in [4.69, 9.17) is 0 Å². The van der Waals surface area contributed by atoms with Crippen molar-refractivity contribution in [2.75, 3.05) is 6.54 Å². The molecule has 0 heterocycles. The molecule has 2 aliphatic carbocycles. The highest BCUT2D eigenvalue weighted by Crippen LogP contribution is 2.33. The van der Waals surface area contributed by atoms with Crippen LogP contribution in [0.1, 0.15) is 69.3 Å². The lowest BCUT2D eigenvalue weighted by Crippen LogP contribution is -2.36. The summed E-state index contributed by atoms with van der Waals surface area (Å²) in [6.45, 7) is 1.28. The lowest BCUT2D eigenvalue weighted by molar-refractivity contribution is 0.290. The fourth-order valence-corrected chi connectivity index (χ4v) is 4.08. The van der Waals surface area contributed by atoms with Crippen LogP contribution in [0.2, 0.25) is 0 Å². The van der Waals surface area contributed by atoms with Crippen molar-refractivity contribution < 1.29 is 0 Å². The Morgan fingerprint density at radius 2 is 1.50 bits per heavy atom. The third-order valence-corrected chi connectivity index (χ3v) is 5.42. The molecule has 2 aliphatic rings. The molecule has 2 saturated carbocycles. The maximum Gasteiger partial charge on any atom is 0.00676 e. The minimum absolute atomic E-state index is 0.789. The average molecular weight is 271 g/mol. The van der Waals surface area contributed by atoms with E-state index in [0.717, 1.165) is 17.9 Å². The monoisotopic (exact) mass is 271 g/mol. The number of hydrogen-bond acceptors (Lipinski definition) is 1. The third-order valence-electron chi connectivity index (χ3n) is 5.42. The number of rotatable bonds is 4. The van der Waals surface area contributed by atoms with E-state index >= 15 is 0 Å². The van der Waals surface area contributed by atoms with E-state index in [1.807, 2.05) is 0 Å². The van der Waals surface area contributed by atoms with E-state index in [1.165, 1.54) is 64.3 Å². The summed E-state index contributed by atoms with van der Waals surface area (Å²) >= 11 is 0. The molecule has 0 aromatic heterocycles. The van der Waals surface area contributed by atoms with Crippen LogP contribution in [0.25, 0.3) is 0 Å². The van der Waals surface area contributed by atoms with Gasteiger partial charge in [-0.05, 0) is 62.5 Å². The molecule has 110 valence electrons. The summed E-state index contributed by atoms with van der Waals surface area (Å²) < 4.78 is 0. The molecular weight excluding hydrogens is 242 g/mol. The van der Waals surface area contributed by atoms with Gasteiger partial charge >= 0.3 is 0 Å². The Bertz CT molecular complexity index is 372. The summed E-state index contributed by atoms with van der Waals surface area (Å²) in [6.07, 6.45) is 12.8. The molecule has 0 atom stereocenters. The van der Waals surface area contributed by atoms with Crippen molar-refractivity contribution in [3.63, 3.8) is 0 Å². The van der Waals surface area contributed by atoms with Gasteiger partial charge in [0.1, 0.15) is 0 Å². The molecular formula is C19H29N. The van der Waals surface area contributed by atoms with Crippen molar-refractivity contribution in [2.45, 2.75) is 69.7 Å². The van der Waals surface area contributed by atoms with Crippen molar-refractivity contribution in [3.05, 3.63) is 35.9 Å². The van der Waals surface area contributed by atoms with Crippen LogP contribution in [0.5, 0.6) is 0 Å². The van der Waals surface area contributed by atoms with Crippen molar-refractivity contribution in [3.8, 4) is 0 Å². The van der Waals surface area contributed by atoms with Crippen LogP contribution in [0.4, 0.5) is 0 Å². The van der Waals surface area contributed by atoms with Crippen LogP contribution >= 0.6 is 0 Å². The SMILES string of the molecule is c1ccc(C2CCC(NCC3CCCCC3)CC2)cc1. The van der Waals surface area contributed by atoms with E-state index in [2.05, 4.69) is 35.6 Å². The zero-order valence-electron chi connectivity index (χ0n) is 12.7. The number of nitrogens with one attached hydrogen (secondary N) is 1. The Morgan fingerprint density at radius 3 is 2.20 bits per heavy atom. The van der Waals surface area contributed by atoms with Crippen molar-refractivity contribution in [1.29, 1.82) is 0 Å². The maximum absolute atomic E-state index is 3.86. The van der Waals surface area contributed by atoms with Gasteiger partial charge in [0.2, 0.25) is 0 Å². The second-order valence-electron chi connectivity index (χ2n) is 6.87. The quantitative estimate of drug-likeness (QED) is 0.822. The zero-order valence-corrected chi connectivity index (χ0v) is 12.7. The van der Waals surface area contributed by atoms with Gasteiger partial charge in [-0.3, -0.25) is 0 Å². The van der Waals surface area contributed by atoms with Crippen molar-refractivity contribution in [1.82, 2.24) is 5.32 Å². The van der Waals surface area contributed by atoms with Gasteiger partial charge in [-0.1, -0.05) is 49.6 Å². The highest BCUT2D eigenvalue weighted by Gasteiger charge is 2.23. The first-order valence-electron chi connectivity index (χ1n) is 8.70. The Hall–Kier alpha value is -0.820. The molecule has 0 bridgehead atoms. The molecule has 1 heteroatoms. The largest absolute Gasteiger partial charge is 0.314 e. The van der Waals surface area contributed by atoms with Gasteiger partial charge in [0.15, 0.2) is 0 Å². The molecule has 1 N–H and O–H groups in total. The first-order valence-corrected chi connectivity index (χ1v) is 8.70. The summed E-state index contributed by atoms with van der Waals surface area (Å²) in [7, 11) is 0. The predicted molar refractivity (Wildman–Crippen MR) is 86.0 cm³/mol. The van der Waals surface area contributed by atoms with E-state index in [1.54, 1.807) is 5.56 Å². The molecule has 2 fully saturated rings. The van der Waals surface area contributed by atoms with E-state index in [0.29, 0.717) is 0 Å². The van der Waals surface area contributed by atoms with Crippen molar-refractivity contribution in [2.24, 2.45) is 5.92 Å². The second kappa shape index (κ2) is 7.26. The van der Waals surface area contributed by atoms with Crippen LogP contribution in [0.15, 0.2) is 30.3 Å². The molecule has 0 aliphatic heterocycles. The average Bonchev–Trinajstić information content (AvgIpc) is 2.55. The summed E-state index contributed by atoms with van der Waals surface area (Å²) in [4.78, 5) is 0. The van der Waals surface area contributed by atoms with Gasteiger partial charge in [0.05, 0.1) is 0 Å². The smallest absolute Gasteiger partial charge is 0.00676 e. The predicted octanol–water partition coefficient (Wildman–Crippen LogP) is 4.88. The van der Waals surface area contributed by atoms with Gasteiger partial charge in [0.25, 0.3) is 0 Å². The van der Waals surface area contributed by atoms with Crippen LogP contribution in [-0.2, 0) is 0 Å². The van der Waals surface area contributed by atoms with Crippen molar-refractivity contribution >= 4 is 0 Å². The minimum atomic E-state index is 0.789. The Morgan fingerprint density at radius 1 is 0.800 bits per heavy atom. The fourth-order valence-electron chi connectivity index (χ4n) is 4.08. The highest BCUT2D eigenvalue weighted by atomic mass is 14.9. The molecule has 0 unspecified atom stereocenters. The molecule has 20 heavy (non-hydrogen) atoms. The van der Waals surface area contributed by atoms with Gasteiger partial charge in [-0.25, -0.2) is 0 Å². The molecule has 3 rings (SSSR count). The van der Waals surface area contributed by atoms with E-state index in [-0.39, 0.29) is 0 Å². The number of hydrogen-bond donors (Lipinski definition) is 1. The van der Waals surface area contributed by atoms with E-state index < -0.39 is 0 Å². The molecule has 0 spiro atoms. The summed E-state index contributed by atoms with van der Waals surface area (Å²) in [5.41, 5.74) is 1.55. The van der Waals surface area contributed by atoms with Gasteiger partial charge < -0.3 is 5.32 Å². The van der Waals surface area contributed by atoms with Crippen LogP contribution in [-0.4, -0.2) is 12.6 Å². The van der Waals surface area contributed by atoms with E-state index in [9.17, 15) is 0 Å². The molecule has 1 aromatic carbocycles. The standard InChI is InChI=1S/C19H29N/c1-3-7-16(8-4-1)15-20-19-13-11-18(12-14-19)17-9-5-2-6-10-17/h2,5-6,9-10,16,18-20H,1,3-4,7-8,11-15H2.